The molecule has 174 valence electrons. The van der Waals surface area contributed by atoms with E-state index in [0.717, 1.165) is 36.6 Å². The summed E-state index contributed by atoms with van der Waals surface area (Å²) >= 11 is 0. The van der Waals surface area contributed by atoms with Crippen LogP contribution in [0.15, 0.2) is 42.5 Å². The summed E-state index contributed by atoms with van der Waals surface area (Å²) in [5.41, 5.74) is 1.34. The van der Waals surface area contributed by atoms with Gasteiger partial charge in [-0.15, -0.1) is 0 Å². The lowest BCUT2D eigenvalue weighted by atomic mass is 9.81. The Hall–Kier alpha value is -3.29. The van der Waals surface area contributed by atoms with Gasteiger partial charge in [0, 0.05) is 42.2 Å². The molecule has 0 spiro atoms. The Balaban J connectivity index is 1.77. The van der Waals surface area contributed by atoms with Crippen LogP contribution in [-0.2, 0) is 9.59 Å². The number of hydrogen-bond donors (Lipinski definition) is 1. The van der Waals surface area contributed by atoms with Gasteiger partial charge in [-0.25, -0.2) is 8.78 Å². The maximum absolute atomic E-state index is 13.9. The maximum atomic E-state index is 13.9. The highest BCUT2D eigenvalue weighted by atomic mass is 19.1. The van der Waals surface area contributed by atoms with Gasteiger partial charge in [0.15, 0.2) is 0 Å². The lowest BCUT2D eigenvalue weighted by molar-refractivity contribution is -0.142. The molecule has 1 N–H and O–H groups in total. The number of fused-ring (bicyclic) bond motifs is 2. The minimum absolute atomic E-state index is 0.0590. The summed E-state index contributed by atoms with van der Waals surface area (Å²) in [5, 5.41) is 9.01. The van der Waals surface area contributed by atoms with E-state index in [9.17, 15) is 23.2 Å². The fourth-order valence-electron chi connectivity index (χ4n) is 5.39. The van der Waals surface area contributed by atoms with E-state index in [1.165, 1.54) is 0 Å². The molecule has 4 rings (SSSR count). The van der Waals surface area contributed by atoms with Crippen molar-refractivity contribution in [3.05, 3.63) is 65.2 Å². The second-order valence-electron chi connectivity index (χ2n) is 8.57. The van der Waals surface area contributed by atoms with Crippen LogP contribution < -0.4 is 4.90 Å². The van der Waals surface area contributed by atoms with Crippen molar-refractivity contribution >= 4 is 23.5 Å². The van der Waals surface area contributed by atoms with Crippen LogP contribution >= 0.6 is 0 Å². The number of amides is 2. The molecule has 0 aromatic heterocycles. The third-order valence-corrected chi connectivity index (χ3v) is 6.66. The van der Waals surface area contributed by atoms with E-state index in [0.29, 0.717) is 18.7 Å². The van der Waals surface area contributed by atoms with Crippen molar-refractivity contribution in [1.82, 2.24) is 4.90 Å². The van der Waals surface area contributed by atoms with Crippen LogP contribution in [0.1, 0.15) is 61.0 Å². The van der Waals surface area contributed by atoms with E-state index in [-0.39, 0.29) is 42.3 Å². The molecule has 0 radical (unpaired) electrons. The highest BCUT2D eigenvalue weighted by molar-refractivity contribution is 6.07. The van der Waals surface area contributed by atoms with Gasteiger partial charge in [0.1, 0.15) is 11.6 Å². The van der Waals surface area contributed by atoms with E-state index >= 15 is 0 Å². The van der Waals surface area contributed by atoms with Gasteiger partial charge in [-0.2, -0.15) is 0 Å². The van der Waals surface area contributed by atoms with Gasteiger partial charge >= 0.3 is 5.97 Å². The van der Waals surface area contributed by atoms with Gasteiger partial charge < -0.3 is 14.9 Å². The first-order chi connectivity index (χ1) is 15.8. The van der Waals surface area contributed by atoms with Gasteiger partial charge in [0.2, 0.25) is 5.91 Å². The van der Waals surface area contributed by atoms with Gasteiger partial charge in [-0.3, -0.25) is 14.4 Å². The van der Waals surface area contributed by atoms with Crippen molar-refractivity contribution in [3.8, 4) is 0 Å². The van der Waals surface area contributed by atoms with Crippen molar-refractivity contribution in [3.63, 3.8) is 0 Å². The molecule has 0 saturated heterocycles. The number of hydrogen-bond acceptors (Lipinski definition) is 3. The fourth-order valence-corrected chi connectivity index (χ4v) is 5.39. The summed E-state index contributed by atoms with van der Waals surface area (Å²) in [4.78, 5) is 40.9. The smallest absolute Gasteiger partial charge is 0.303 e. The molecule has 33 heavy (non-hydrogen) atoms. The SMILES string of the molecule is CCN(C(=O)CCC(=O)O)[C@H]1c2ccccc2N(C(=O)c2cc(F)cc(F)c2)[C@@H]2CCC[C@@H]21. The third kappa shape index (κ3) is 4.34. The van der Waals surface area contributed by atoms with Crippen LogP contribution in [0.4, 0.5) is 14.5 Å². The first-order valence-electron chi connectivity index (χ1n) is 11.2. The second-order valence-corrected chi connectivity index (χ2v) is 8.57. The molecule has 2 aromatic carbocycles. The Bertz CT molecular complexity index is 1070. The van der Waals surface area contributed by atoms with Crippen LogP contribution in [0.5, 0.6) is 0 Å². The summed E-state index contributed by atoms with van der Waals surface area (Å²) in [6, 6.07) is 9.57. The highest BCUT2D eigenvalue weighted by Gasteiger charge is 2.48. The van der Waals surface area contributed by atoms with Gasteiger partial charge in [0.05, 0.1) is 12.5 Å². The third-order valence-electron chi connectivity index (χ3n) is 6.66. The number of para-hydroxylation sites is 1. The van der Waals surface area contributed by atoms with Crippen LogP contribution in [0.3, 0.4) is 0 Å². The van der Waals surface area contributed by atoms with Gasteiger partial charge in [-0.05, 0) is 43.5 Å². The number of benzene rings is 2. The van der Waals surface area contributed by atoms with Crippen LogP contribution in [0.2, 0.25) is 0 Å². The minimum Gasteiger partial charge on any atom is -0.481 e. The molecule has 1 aliphatic heterocycles. The Labute approximate surface area is 190 Å². The number of halogens is 2. The van der Waals surface area contributed by atoms with E-state index in [1.807, 2.05) is 19.1 Å². The van der Waals surface area contributed by atoms with Crippen molar-refractivity contribution in [1.29, 1.82) is 0 Å². The monoisotopic (exact) mass is 456 g/mol. The molecule has 2 aliphatic rings. The number of nitrogens with zero attached hydrogens (tertiary/aromatic N) is 2. The molecule has 1 fully saturated rings. The Morgan fingerprint density at radius 2 is 1.76 bits per heavy atom. The normalized spacial score (nSPS) is 21.3. The number of carboxylic acids is 1. The molecule has 1 saturated carbocycles. The van der Waals surface area contributed by atoms with E-state index in [4.69, 9.17) is 5.11 Å². The zero-order valence-electron chi connectivity index (χ0n) is 18.3. The topological polar surface area (TPSA) is 77.9 Å². The number of rotatable bonds is 6. The minimum atomic E-state index is -1.03. The van der Waals surface area contributed by atoms with Crippen LogP contribution in [0.25, 0.3) is 0 Å². The predicted molar refractivity (Wildman–Crippen MR) is 118 cm³/mol. The Kier molecular flexibility index (Phi) is 6.44. The molecule has 8 heteroatoms. The summed E-state index contributed by atoms with van der Waals surface area (Å²) in [6.07, 6.45) is 2.01. The van der Waals surface area contributed by atoms with Crippen molar-refractivity contribution in [2.24, 2.45) is 5.92 Å². The molecule has 3 atom stereocenters. The zero-order valence-corrected chi connectivity index (χ0v) is 18.3. The number of aliphatic carboxylic acids is 1. The van der Waals surface area contributed by atoms with Crippen molar-refractivity contribution < 1.29 is 28.3 Å². The largest absolute Gasteiger partial charge is 0.481 e. The molecule has 2 amide bonds. The summed E-state index contributed by atoms with van der Waals surface area (Å²) in [7, 11) is 0. The molecular weight excluding hydrogens is 430 g/mol. The van der Waals surface area contributed by atoms with E-state index in [1.54, 1.807) is 21.9 Å². The van der Waals surface area contributed by atoms with Gasteiger partial charge in [-0.1, -0.05) is 24.6 Å². The Morgan fingerprint density at radius 3 is 2.42 bits per heavy atom. The van der Waals surface area contributed by atoms with Gasteiger partial charge in [0.25, 0.3) is 5.91 Å². The molecule has 1 aliphatic carbocycles. The molecule has 1 heterocycles. The molecule has 0 unspecified atom stereocenters. The number of carbonyl (C=O) groups is 3. The second kappa shape index (κ2) is 9.29. The number of carboxylic acid groups (broad SMARTS) is 1. The summed E-state index contributed by atoms with van der Waals surface area (Å²) in [5.74, 6) is -3.43. The molecule has 0 bridgehead atoms. The highest BCUT2D eigenvalue weighted by Crippen LogP contribution is 2.50. The Morgan fingerprint density at radius 1 is 1.06 bits per heavy atom. The molecular formula is C25H26F2N2O4. The fraction of sp³-hybridized carbons (Fsp3) is 0.400. The molecule has 2 aromatic rings. The predicted octanol–water partition coefficient (Wildman–Crippen LogP) is 4.55. The van der Waals surface area contributed by atoms with Crippen molar-refractivity contribution in [2.75, 3.05) is 11.4 Å². The summed E-state index contributed by atoms with van der Waals surface area (Å²) in [6.45, 7) is 2.27. The van der Waals surface area contributed by atoms with Crippen molar-refractivity contribution in [2.45, 2.75) is 51.1 Å². The number of anilines is 1. The lowest BCUT2D eigenvalue weighted by Gasteiger charge is -2.47. The average molecular weight is 456 g/mol. The first kappa shape index (κ1) is 22.9. The van der Waals surface area contributed by atoms with E-state index in [2.05, 4.69) is 0 Å². The number of carbonyl (C=O) groups excluding carboxylic acids is 2. The summed E-state index contributed by atoms with van der Waals surface area (Å²) < 4.78 is 27.7. The van der Waals surface area contributed by atoms with Crippen LogP contribution in [0, 0.1) is 17.6 Å². The standard InChI is InChI=1S/C25H26F2N2O4/c1-2-28(22(30)10-11-23(31)32)24-18-6-3-4-8-20(18)29(21-9-5-7-19(21)24)25(33)15-12-16(26)14-17(27)13-15/h3-4,6,8,12-14,19,21,24H,2,5,7,9-11H2,1H3,(H,31,32)/t19-,21+,24-/m0/s1. The quantitative estimate of drug-likeness (QED) is 0.692. The first-order valence-corrected chi connectivity index (χ1v) is 11.2. The van der Waals surface area contributed by atoms with E-state index < -0.39 is 23.5 Å². The maximum Gasteiger partial charge on any atom is 0.303 e. The van der Waals surface area contributed by atoms with Crippen LogP contribution in [-0.4, -0.2) is 40.4 Å². The average Bonchev–Trinajstić information content (AvgIpc) is 3.25. The zero-order chi connectivity index (χ0) is 23.7. The lowest BCUT2D eigenvalue weighted by Crippen LogP contribution is -2.52. The molecule has 6 nitrogen and oxygen atoms in total.